The monoisotopic (exact) mass is 217 g/mol. The van der Waals surface area contributed by atoms with Gasteiger partial charge in [-0.15, -0.1) is 0 Å². The second kappa shape index (κ2) is 3.92. The Labute approximate surface area is 94.7 Å². The van der Waals surface area contributed by atoms with Crippen LogP contribution in [0.4, 0.5) is 0 Å². The van der Waals surface area contributed by atoms with E-state index in [2.05, 4.69) is 11.4 Å². The van der Waals surface area contributed by atoms with Gasteiger partial charge in [0.15, 0.2) is 0 Å². The smallest absolute Gasteiger partial charge is 0.103 e. The van der Waals surface area contributed by atoms with Crippen molar-refractivity contribution in [2.75, 3.05) is 19.7 Å². The summed E-state index contributed by atoms with van der Waals surface area (Å²) in [5.74, 6) is 0.430. The summed E-state index contributed by atoms with van der Waals surface area (Å²) in [5, 5.41) is 13.3. The first kappa shape index (κ1) is 9.87. The molecule has 0 amide bonds. The molecule has 1 aromatic carbocycles. The van der Waals surface area contributed by atoms with Crippen molar-refractivity contribution in [3.63, 3.8) is 0 Å². The van der Waals surface area contributed by atoms with Crippen molar-refractivity contribution in [2.45, 2.75) is 12.0 Å². The van der Waals surface area contributed by atoms with E-state index in [1.807, 2.05) is 24.3 Å². The van der Waals surface area contributed by atoms with Gasteiger partial charge in [-0.1, -0.05) is 24.3 Å². The van der Waals surface area contributed by atoms with E-state index in [0.717, 1.165) is 25.3 Å². The second-order valence-electron chi connectivity index (χ2n) is 4.29. The molecule has 2 atom stereocenters. The van der Waals surface area contributed by atoms with Crippen LogP contribution in [0, 0.1) is 0 Å². The third-order valence-corrected chi connectivity index (χ3v) is 3.28. The van der Waals surface area contributed by atoms with Crippen molar-refractivity contribution in [3.05, 3.63) is 41.2 Å². The Hall–Kier alpha value is -1.32. The van der Waals surface area contributed by atoms with E-state index in [-0.39, 0.29) is 12.0 Å². The molecular weight excluding hydrogens is 202 g/mol. The van der Waals surface area contributed by atoms with E-state index in [1.165, 1.54) is 5.56 Å². The number of aliphatic hydroxyl groups is 1. The van der Waals surface area contributed by atoms with Crippen LogP contribution in [0.2, 0.25) is 0 Å². The Kier molecular flexibility index (Phi) is 2.42. The molecule has 84 valence electrons. The quantitative estimate of drug-likeness (QED) is 0.752. The van der Waals surface area contributed by atoms with Crippen LogP contribution in [0.15, 0.2) is 30.0 Å². The van der Waals surface area contributed by atoms with Crippen LogP contribution in [0.1, 0.15) is 17.0 Å². The molecule has 0 saturated carbocycles. The van der Waals surface area contributed by atoms with Gasteiger partial charge in [0.2, 0.25) is 0 Å². The van der Waals surface area contributed by atoms with Crippen LogP contribution in [0.5, 0.6) is 0 Å². The highest BCUT2D eigenvalue weighted by Crippen LogP contribution is 2.38. The summed E-state index contributed by atoms with van der Waals surface area (Å²) in [6.45, 7) is 2.42. The predicted octanol–water partition coefficient (Wildman–Crippen LogP) is 1.67. The van der Waals surface area contributed by atoms with Crippen LogP contribution < -0.4 is 5.32 Å². The number of ether oxygens (including phenoxy) is 1. The Balaban J connectivity index is 1.93. The molecule has 3 rings (SSSR count). The fraction of sp³-hybridized carbons (Fsp3) is 0.385. The molecule has 0 bridgehead atoms. The molecule has 2 N–H and O–H groups in total. The molecule has 16 heavy (non-hydrogen) atoms. The summed E-state index contributed by atoms with van der Waals surface area (Å²) in [5.41, 5.74) is 2.29. The first-order valence-corrected chi connectivity index (χ1v) is 5.68. The van der Waals surface area contributed by atoms with Crippen LogP contribution in [-0.4, -0.2) is 30.9 Å². The molecule has 1 aromatic rings. The number of hydrogen-bond acceptors (Lipinski definition) is 3. The van der Waals surface area contributed by atoms with Gasteiger partial charge in [0, 0.05) is 13.1 Å². The molecular formula is C13H15NO2. The number of nitrogens with one attached hydrogen (secondary N) is 1. The Morgan fingerprint density at radius 3 is 3.00 bits per heavy atom. The van der Waals surface area contributed by atoms with E-state index >= 15 is 0 Å². The maximum Gasteiger partial charge on any atom is 0.103 e. The molecule has 0 radical (unpaired) electrons. The number of benzene rings is 1. The van der Waals surface area contributed by atoms with Crippen LogP contribution in [0.3, 0.4) is 0 Å². The van der Waals surface area contributed by atoms with Crippen molar-refractivity contribution < 1.29 is 9.84 Å². The Bertz CT molecular complexity index is 422. The zero-order valence-corrected chi connectivity index (χ0v) is 9.02. The number of rotatable bonds is 1. The van der Waals surface area contributed by atoms with Gasteiger partial charge in [-0.3, -0.25) is 0 Å². The van der Waals surface area contributed by atoms with Crippen LogP contribution in [0.25, 0.3) is 6.08 Å². The summed E-state index contributed by atoms with van der Waals surface area (Å²) >= 11 is 0. The second-order valence-corrected chi connectivity index (χ2v) is 4.29. The van der Waals surface area contributed by atoms with Crippen molar-refractivity contribution in [2.24, 2.45) is 0 Å². The highest BCUT2D eigenvalue weighted by Gasteiger charge is 2.33. The molecule has 3 heteroatoms. The summed E-state index contributed by atoms with van der Waals surface area (Å²) < 4.78 is 5.73. The lowest BCUT2D eigenvalue weighted by Gasteiger charge is -2.29. The minimum Gasteiger partial charge on any atom is -0.512 e. The van der Waals surface area contributed by atoms with Gasteiger partial charge >= 0.3 is 0 Å². The van der Waals surface area contributed by atoms with Gasteiger partial charge in [0.25, 0.3) is 0 Å². The van der Waals surface area contributed by atoms with Gasteiger partial charge in [0.1, 0.15) is 5.76 Å². The molecule has 1 fully saturated rings. The van der Waals surface area contributed by atoms with Crippen molar-refractivity contribution in [1.82, 2.24) is 5.32 Å². The van der Waals surface area contributed by atoms with Crippen molar-refractivity contribution in [1.29, 1.82) is 0 Å². The van der Waals surface area contributed by atoms with E-state index in [4.69, 9.17) is 4.74 Å². The first-order chi connectivity index (χ1) is 7.86. The Morgan fingerprint density at radius 1 is 1.31 bits per heavy atom. The van der Waals surface area contributed by atoms with E-state index in [1.54, 1.807) is 0 Å². The third kappa shape index (κ3) is 1.52. The predicted molar refractivity (Wildman–Crippen MR) is 62.4 cm³/mol. The van der Waals surface area contributed by atoms with E-state index in [9.17, 15) is 5.11 Å². The summed E-state index contributed by atoms with van der Waals surface area (Å²) in [6.07, 6.45) is 1.89. The summed E-state index contributed by atoms with van der Waals surface area (Å²) in [7, 11) is 0. The van der Waals surface area contributed by atoms with Gasteiger partial charge in [0.05, 0.1) is 18.6 Å². The van der Waals surface area contributed by atoms with Crippen LogP contribution in [-0.2, 0) is 4.74 Å². The SMILES string of the molecule is OC1=Cc2ccccc2C1[C@H]1CNCCO1. The molecule has 1 aliphatic carbocycles. The van der Waals surface area contributed by atoms with Gasteiger partial charge in [-0.25, -0.2) is 0 Å². The average Bonchev–Trinajstić information content (AvgIpc) is 2.66. The minimum atomic E-state index is 0.00370. The molecule has 1 saturated heterocycles. The highest BCUT2D eigenvalue weighted by atomic mass is 16.5. The standard InChI is InChI=1S/C13H15NO2/c15-11-7-9-3-1-2-4-10(9)13(11)12-8-14-5-6-16-12/h1-4,7,12-15H,5-6,8H2/t12-,13?/m1/s1. The fourth-order valence-corrected chi connectivity index (χ4v) is 2.52. The maximum absolute atomic E-state index is 10.0. The Morgan fingerprint density at radius 2 is 2.19 bits per heavy atom. The molecule has 0 spiro atoms. The summed E-state index contributed by atoms with van der Waals surface area (Å²) in [6, 6.07) is 8.10. The van der Waals surface area contributed by atoms with Crippen LogP contribution >= 0.6 is 0 Å². The molecule has 0 aromatic heterocycles. The fourth-order valence-electron chi connectivity index (χ4n) is 2.52. The largest absolute Gasteiger partial charge is 0.512 e. The zero-order valence-electron chi connectivity index (χ0n) is 9.02. The first-order valence-electron chi connectivity index (χ1n) is 5.68. The van der Waals surface area contributed by atoms with Gasteiger partial charge in [-0.05, 0) is 17.2 Å². The molecule has 1 unspecified atom stereocenters. The number of fused-ring (bicyclic) bond motifs is 1. The van der Waals surface area contributed by atoms with E-state index in [0.29, 0.717) is 5.76 Å². The number of aliphatic hydroxyl groups excluding tert-OH is 1. The highest BCUT2D eigenvalue weighted by molar-refractivity contribution is 5.65. The molecule has 1 aliphatic heterocycles. The molecule has 3 nitrogen and oxygen atoms in total. The van der Waals surface area contributed by atoms with Gasteiger partial charge in [-0.2, -0.15) is 0 Å². The number of hydrogen-bond donors (Lipinski definition) is 2. The van der Waals surface area contributed by atoms with Gasteiger partial charge < -0.3 is 15.2 Å². The lowest BCUT2D eigenvalue weighted by molar-refractivity contribution is 0.0118. The van der Waals surface area contributed by atoms with Crippen molar-refractivity contribution in [3.8, 4) is 0 Å². The molecule has 1 heterocycles. The zero-order chi connectivity index (χ0) is 11.0. The lowest BCUT2D eigenvalue weighted by atomic mass is 9.93. The normalized spacial score (nSPS) is 28.6. The average molecular weight is 217 g/mol. The third-order valence-electron chi connectivity index (χ3n) is 3.28. The maximum atomic E-state index is 10.0. The number of morpholine rings is 1. The minimum absolute atomic E-state index is 0.00370. The lowest BCUT2D eigenvalue weighted by Crippen LogP contribution is -2.42. The molecule has 2 aliphatic rings. The topological polar surface area (TPSA) is 41.5 Å². The van der Waals surface area contributed by atoms with E-state index < -0.39 is 0 Å². The summed E-state index contributed by atoms with van der Waals surface area (Å²) in [4.78, 5) is 0. The van der Waals surface area contributed by atoms with Crippen molar-refractivity contribution >= 4 is 6.08 Å².